The summed E-state index contributed by atoms with van der Waals surface area (Å²) in [7, 11) is 0. The van der Waals surface area contributed by atoms with Crippen LogP contribution in [0.4, 0.5) is 0 Å². The molecule has 0 amide bonds. The van der Waals surface area contributed by atoms with Crippen LogP contribution >= 0.6 is 0 Å². The predicted octanol–water partition coefficient (Wildman–Crippen LogP) is 4.52. The molecule has 1 aromatic carbocycles. The highest BCUT2D eigenvalue weighted by atomic mass is 16.3. The van der Waals surface area contributed by atoms with E-state index in [-0.39, 0.29) is 11.2 Å². The fraction of sp³-hybridized carbons (Fsp3) is 0.278. The van der Waals surface area contributed by atoms with Crippen LogP contribution in [0.3, 0.4) is 0 Å². The van der Waals surface area contributed by atoms with Gasteiger partial charge in [-0.3, -0.25) is 4.79 Å². The number of hydrogen-bond acceptors (Lipinski definition) is 2. The Morgan fingerprint density at radius 2 is 2.00 bits per heavy atom. The van der Waals surface area contributed by atoms with Crippen LogP contribution < -0.4 is 0 Å². The summed E-state index contributed by atoms with van der Waals surface area (Å²) in [5, 5.41) is 9.25. The highest BCUT2D eigenvalue weighted by Crippen LogP contribution is 2.28. The lowest BCUT2D eigenvalue weighted by Gasteiger charge is -2.20. The van der Waals surface area contributed by atoms with Crippen molar-refractivity contribution in [3.63, 3.8) is 0 Å². The summed E-state index contributed by atoms with van der Waals surface area (Å²) in [5.74, 6) is 0.267. The largest absolute Gasteiger partial charge is 0.508 e. The van der Waals surface area contributed by atoms with Gasteiger partial charge >= 0.3 is 0 Å². The maximum atomic E-state index is 10.5. The molecule has 0 fully saturated rings. The SMILES string of the molecule is C=C[C@@](C)(/C=C/c1ccc(O)cc1)CC/C=C(/C)C=O. The Hall–Kier alpha value is -2.09. The molecule has 0 saturated carbocycles. The summed E-state index contributed by atoms with van der Waals surface area (Å²) in [4.78, 5) is 10.5. The van der Waals surface area contributed by atoms with Crippen molar-refractivity contribution >= 4 is 12.4 Å². The van der Waals surface area contributed by atoms with Crippen LogP contribution in [0.2, 0.25) is 0 Å². The van der Waals surface area contributed by atoms with E-state index in [4.69, 9.17) is 0 Å². The molecule has 0 radical (unpaired) electrons. The number of aldehydes is 1. The fourth-order valence-electron chi connectivity index (χ4n) is 1.78. The number of phenolic OH excluding ortho intramolecular Hbond substituents is 1. The summed E-state index contributed by atoms with van der Waals surface area (Å²) >= 11 is 0. The van der Waals surface area contributed by atoms with Gasteiger partial charge in [-0.1, -0.05) is 43.4 Å². The molecular formula is C18H22O2. The van der Waals surface area contributed by atoms with Gasteiger partial charge in [0.1, 0.15) is 12.0 Å². The monoisotopic (exact) mass is 270 g/mol. The summed E-state index contributed by atoms with van der Waals surface area (Å²) < 4.78 is 0. The molecule has 2 heteroatoms. The van der Waals surface area contributed by atoms with E-state index in [0.717, 1.165) is 30.3 Å². The molecule has 1 aromatic rings. The van der Waals surface area contributed by atoms with Crippen LogP contribution in [0.15, 0.2) is 54.6 Å². The first kappa shape index (κ1) is 16.0. The quantitative estimate of drug-likeness (QED) is 0.449. The van der Waals surface area contributed by atoms with Crippen LogP contribution in [0.5, 0.6) is 5.75 Å². The van der Waals surface area contributed by atoms with Gasteiger partial charge < -0.3 is 5.11 Å². The van der Waals surface area contributed by atoms with Crippen LogP contribution in [0.25, 0.3) is 6.08 Å². The van der Waals surface area contributed by atoms with Crippen molar-refractivity contribution in [1.82, 2.24) is 0 Å². The Morgan fingerprint density at radius 1 is 1.35 bits per heavy atom. The number of allylic oxidation sites excluding steroid dienone is 4. The fourth-order valence-corrected chi connectivity index (χ4v) is 1.78. The molecule has 1 rings (SSSR count). The maximum absolute atomic E-state index is 10.5. The van der Waals surface area contributed by atoms with Gasteiger partial charge in [0.25, 0.3) is 0 Å². The predicted molar refractivity (Wildman–Crippen MR) is 84.5 cm³/mol. The normalized spacial score (nSPS) is 15.0. The molecule has 0 aliphatic carbocycles. The minimum atomic E-state index is -0.114. The third-order valence-corrected chi connectivity index (χ3v) is 3.35. The van der Waals surface area contributed by atoms with Crippen molar-refractivity contribution in [3.05, 3.63) is 60.2 Å². The highest BCUT2D eigenvalue weighted by molar-refractivity contribution is 5.71. The molecule has 0 unspecified atom stereocenters. The maximum Gasteiger partial charge on any atom is 0.145 e. The zero-order valence-corrected chi connectivity index (χ0v) is 12.2. The van der Waals surface area contributed by atoms with Crippen molar-refractivity contribution in [2.75, 3.05) is 0 Å². The zero-order valence-electron chi connectivity index (χ0n) is 12.2. The number of carbonyl (C=O) groups is 1. The Balaban J connectivity index is 2.71. The Kier molecular flexibility index (Phi) is 5.98. The van der Waals surface area contributed by atoms with E-state index < -0.39 is 0 Å². The Bertz CT molecular complexity index is 509. The average molecular weight is 270 g/mol. The van der Waals surface area contributed by atoms with Crippen molar-refractivity contribution in [1.29, 1.82) is 0 Å². The molecule has 0 aliphatic rings. The second-order valence-electron chi connectivity index (χ2n) is 5.24. The van der Waals surface area contributed by atoms with E-state index in [1.165, 1.54) is 0 Å². The second kappa shape index (κ2) is 7.49. The Morgan fingerprint density at radius 3 is 2.55 bits per heavy atom. The van der Waals surface area contributed by atoms with Crippen LogP contribution in [0, 0.1) is 5.41 Å². The molecule has 0 saturated heterocycles. The molecule has 2 nitrogen and oxygen atoms in total. The first-order valence-corrected chi connectivity index (χ1v) is 6.73. The van der Waals surface area contributed by atoms with Crippen molar-refractivity contribution in [3.8, 4) is 5.75 Å². The number of carbonyl (C=O) groups excluding carboxylic acids is 1. The van der Waals surface area contributed by atoms with E-state index in [1.807, 2.05) is 37.3 Å². The zero-order chi connectivity index (χ0) is 15.0. The number of hydrogen-bond donors (Lipinski definition) is 1. The average Bonchev–Trinajstić information content (AvgIpc) is 2.46. The van der Waals surface area contributed by atoms with E-state index in [9.17, 15) is 9.90 Å². The summed E-state index contributed by atoms with van der Waals surface area (Å²) in [6, 6.07) is 7.07. The van der Waals surface area contributed by atoms with Gasteiger partial charge in [-0.15, -0.1) is 6.58 Å². The van der Waals surface area contributed by atoms with Crippen molar-refractivity contribution in [2.45, 2.75) is 26.7 Å². The molecule has 0 spiro atoms. The van der Waals surface area contributed by atoms with Crippen LogP contribution in [0.1, 0.15) is 32.3 Å². The van der Waals surface area contributed by atoms with E-state index >= 15 is 0 Å². The van der Waals surface area contributed by atoms with Gasteiger partial charge in [0.2, 0.25) is 0 Å². The molecule has 0 aromatic heterocycles. The van der Waals surface area contributed by atoms with Gasteiger partial charge in [0, 0.05) is 5.41 Å². The third-order valence-electron chi connectivity index (χ3n) is 3.35. The second-order valence-corrected chi connectivity index (χ2v) is 5.24. The summed E-state index contributed by atoms with van der Waals surface area (Å²) in [6.45, 7) is 7.82. The standard InChI is InChI=1S/C18H22O2/c1-4-18(3,12-5-6-15(2)14-19)13-11-16-7-9-17(20)10-8-16/h4,6-11,13-14,20H,1,5,12H2,2-3H3/b13-11+,15-6-/t18-/m1/s1. The lowest BCUT2D eigenvalue weighted by Crippen LogP contribution is -2.08. The molecule has 1 N–H and O–H groups in total. The number of rotatable bonds is 7. The smallest absolute Gasteiger partial charge is 0.145 e. The number of phenols is 1. The lowest BCUT2D eigenvalue weighted by atomic mass is 9.84. The summed E-state index contributed by atoms with van der Waals surface area (Å²) in [6.07, 6.45) is 10.6. The topological polar surface area (TPSA) is 37.3 Å². The molecule has 1 atom stereocenters. The molecule has 0 aliphatic heterocycles. The van der Waals surface area contributed by atoms with Crippen molar-refractivity contribution in [2.24, 2.45) is 5.41 Å². The molecule has 106 valence electrons. The number of benzene rings is 1. The molecular weight excluding hydrogens is 248 g/mol. The lowest BCUT2D eigenvalue weighted by molar-refractivity contribution is -0.104. The minimum Gasteiger partial charge on any atom is -0.508 e. The van der Waals surface area contributed by atoms with Gasteiger partial charge in [0.05, 0.1) is 0 Å². The van der Waals surface area contributed by atoms with E-state index in [1.54, 1.807) is 12.1 Å². The van der Waals surface area contributed by atoms with Gasteiger partial charge in [-0.05, 0) is 43.0 Å². The van der Waals surface area contributed by atoms with Crippen LogP contribution in [-0.2, 0) is 4.79 Å². The number of aromatic hydroxyl groups is 1. The minimum absolute atomic E-state index is 0.114. The van der Waals surface area contributed by atoms with Gasteiger partial charge in [0.15, 0.2) is 0 Å². The third kappa shape index (κ3) is 5.27. The van der Waals surface area contributed by atoms with Gasteiger partial charge in [-0.25, -0.2) is 0 Å². The summed E-state index contributed by atoms with van der Waals surface area (Å²) in [5.41, 5.74) is 1.69. The van der Waals surface area contributed by atoms with Crippen LogP contribution in [-0.4, -0.2) is 11.4 Å². The van der Waals surface area contributed by atoms with E-state index in [2.05, 4.69) is 19.6 Å². The molecule has 20 heavy (non-hydrogen) atoms. The highest BCUT2D eigenvalue weighted by Gasteiger charge is 2.15. The van der Waals surface area contributed by atoms with E-state index in [0.29, 0.717) is 0 Å². The van der Waals surface area contributed by atoms with Gasteiger partial charge in [-0.2, -0.15) is 0 Å². The first-order chi connectivity index (χ1) is 9.49. The Labute approximate surface area is 121 Å². The first-order valence-electron chi connectivity index (χ1n) is 6.73. The molecule has 0 heterocycles. The van der Waals surface area contributed by atoms with Crippen molar-refractivity contribution < 1.29 is 9.90 Å². The molecule has 0 bridgehead atoms.